The molecular weight excluding hydrogens is 280 g/mol. The molecule has 3 aromatic rings. The van der Waals surface area contributed by atoms with Gasteiger partial charge in [-0.1, -0.05) is 12.1 Å². The van der Waals surface area contributed by atoms with Crippen molar-refractivity contribution in [3.8, 4) is 17.3 Å². The van der Waals surface area contributed by atoms with E-state index in [0.29, 0.717) is 16.9 Å². The van der Waals surface area contributed by atoms with Crippen LogP contribution in [0.4, 0.5) is 0 Å². The molecule has 108 valence electrons. The lowest BCUT2D eigenvalue weighted by molar-refractivity contribution is 0.0519. The highest BCUT2D eigenvalue weighted by molar-refractivity contribution is 5.89. The molecule has 0 amide bonds. The van der Waals surface area contributed by atoms with Gasteiger partial charge in [-0.15, -0.1) is 0 Å². The van der Waals surface area contributed by atoms with Gasteiger partial charge in [0.05, 0.1) is 30.1 Å². The summed E-state index contributed by atoms with van der Waals surface area (Å²) in [4.78, 5) is 16.2. The summed E-state index contributed by atoms with van der Waals surface area (Å²) in [5, 5.41) is 13.1. The standard InChI is InChI=1S/C16H12N4O2/c1-2-22-16(21)13-9-14(20-15(19-13)7-8-18-20)12-5-3-11(10-17)4-6-12/h3-9H,2H2,1H3. The van der Waals surface area contributed by atoms with E-state index in [9.17, 15) is 4.79 Å². The molecule has 6 nitrogen and oxygen atoms in total. The van der Waals surface area contributed by atoms with Crippen LogP contribution in [0.15, 0.2) is 42.6 Å². The SMILES string of the molecule is CCOC(=O)c1cc(-c2ccc(C#N)cc2)n2nccc2n1. The van der Waals surface area contributed by atoms with E-state index in [4.69, 9.17) is 10.00 Å². The third-order valence-electron chi connectivity index (χ3n) is 3.15. The Morgan fingerprint density at radius 3 is 2.77 bits per heavy atom. The van der Waals surface area contributed by atoms with Crippen molar-refractivity contribution in [3.05, 3.63) is 53.9 Å². The van der Waals surface area contributed by atoms with Gasteiger partial charge in [0, 0.05) is 11.6 Å². The highest BCUT2D eigenvalue weighted by Gasteiger charge is 2.14. The zero-order valence-corrected chi connectivity index (χ0v) is 11.9. The fraction of sp³-hybridized carbons (Fsp3) is 0.125. The summed E-state index contributed by atoms with van der Waals surface area (Å²) in [5.41, 5.74) is 2.91. The number of nitrogens with zero attached hydrogens (tertiary/aromatic N) is 4. The van der Waals surface area contributed by atoms with Crippen LogP contribution in [0.2, 0.25) is 0 Å². The van der Waals surface area contributed by atoms with Gasteiger partial charge in [-0.3, -0.25) is 0 Å². The third-order valence-corrected chi connectivity index (χ3v) is 3.15. The van der Waals surface area contributed by atoms with Crippen molar-refractivity contribution in [3.63, 3.8) is 0 Å². The Balaban J connectivity index is 2.16. The molecule has 1 aromatic carbocycles. The maximum absolute atomic E-state index is 11.9. The van der Waals surface area contributed by atoms with Crippen LogP contribution in [0.3, 0.4) is 0 Å². The number of rotatable bonds is 3. The second-order valence-electron chi connectivity index (χ2n) is 4.54. The Hall–Kier alpha value is -3.20. The van der Waals surface area contributed by atoms with Gasteiger partial charge in [-0.2, -0.15) is 10.4 Å². The number of carbonyl (C=O) groups excluding carboxylic acids is 1. The van der Waals surface area contributed by atoms with Crippen molar-refractivity contribution < 1.29 is 9.53 Å². The van der Waals surface area contributed by atoms with Crippen LogP contribution in [0.25, 0.3) is 16.9 Å². The van der Waals surface area contributed by atoms with Crippen molar-refractivity contribution in [2.75, 3.05) is 6.61 Å². The summed E-state index contributed by atoms with van der Waals surface area (Å²) in [5.74, 6) is -0.471. The maximum atomic E-state index is 11.9. The van der Waals surface area contributed by atoms with Crippen molar-refractivity contribution in [1.82, 2.24) is 14.6 Å². The van der Waals surface area contributed by atoms with Crippen molar-refractivity contribution in [1.29, 1.82) is 5.26 Å². The molecule has 6 heteroatoms. The lowest BCUT2D eigenvalue weighted by atomic mass is 10.1. The van der Waals surface area contributed by atoms with Gasteiger partial charge in [0.1, 0.15) is 0 Å². The first-order chi connectivity index (χ1) is 10.7. The van der Waals surface area contributed by atoms with E-state index >= 15 is 0 Å². The number of nitriles is 1. The van der Waals surface area contributed by atoms with Crippen LogP contribution in [0.5, 0.6) is 0 Å². The van der Waals surface area contributed by atoms with E-state index in [1.54, 1.807) is 41.9 Å². The first-order valence-corrected chi connectivity index (χ1v) is 6.75. The minimum absolute atomic E-state index is 0.231. The molecule has 0 N–H and O–H groups in total. The van der Waals surface area contributed by atoms with Crippen molar-refractivity contribution >= 4 is 11.6 Å². The summed E-state index contributed by atoms with van der Waals surface area (Å²) in [6.45, 7) is 2.04. The fourth-order valence-corrected chi connectivity index (χ4v) is 2.14. The second-order valence-corrected chi connectivity index (χ2v) is 4.54. The number of aromatic nitrogens is 3. The van der Waals surface area contributed by atoms with Crippen molar-refractivity contribution in [2.24, 2.45) is 0 Å². The Labute approximate surface area is 126 Å². The number of carbonyl (C=O) groups is 1. The molecule has 0 fully saturated rings. The van der Waals surface area contributed by atoms with Crippen LogP contribution in [0.1, 0.15) is 23.0 Å². The van der Waals surface area contributed by atoms with Gasteiger partial charge in [-0.25, -0.2) is 14.3 Å². The number of hydrogen-bond acceptors (Lipinski definition) is 5. The zero-order chi connectivity index (χ0) is 15.5. The Morgan fingerprint density at radius 2 is 2.09 bits per heavy atom. The molecule has 0 aliphatic carbocycles. The molecule has 0 aliphatic heterocycles. The summed E-state index contributed by atoms with van der Waals surface area (Å²) >= 11 is 0. The van der Waals surface area contributed by atoms with Gasteiger partial charge in [-0.05, 0) is 25.1 Å². The van der Waals surface area contributed by atoms with Gasteiger partial charge < -0.3 is 4.74 Å². The maximum Gasteiger partial charge on any atom is 0.357 e. The van der Waals surface area contributed by atoms with Gasteiger partial charge in [0.15, 0.2) is 11.3 Å². The summed E-state index contributed by atoms with van der Waals surface area (Å²) in [7, 11) is 0. The van der Waals surface area contributed by atoms with Crippen LogP contribution in [-0.4, -0.2) is 27.2 Å². The molecule has 22 heavy (non-hydrogen) atoms. The number of hydrogen-bond donors (Lipinski definition) is 0. The predicted octanol–water partition coefficient (Wildman–Crippen LogP) is 2.44. The molecule has 0 bridgehead atoms. The smallest absolute Gasteiger partial charge is 0.357 e. The van der Waals surface area contributed by atoms with Gasteiger partial charge >= 0.3 is 5.97 Å². The number of fused-ring (bicyclic) bond motifs is 1. The van der Waals surface area contributed by atoms with Crippen LogP contribution >= 0.6 is 0 Å². The van der Waals surface area contributed by atoms with E-state index in [1.807, 2.05) is 12.1 Å². The minimum Gasteiger partial charge on any atom is -0.461 e. The molecular formula is C16H12N4O2. The number of benzene rings is 1. The zero-order valence-electron chi connectivity index (χ0n) is 11.9. The third kappa shape index (κ3) is 2.40. The predicted molar refractivity (Wildman–Crippen MR) is 79.1 cm³/mol. The average molecular weight is 292 g/mol. The molecule has 2 aromatic heterocycles. The van der Waals surface area contributed by atoms with E-state index in [2.05, 4.69) is 16.2 Å². The number of ether oxygens (including phenoxy) is 1. The quantitative estimate of drug-likeness (QED) is 0.693. The molecule has 0 saturated carbocycles. The molecule has 3 rings (SSSR count). The first kappa shape index (κ1) is 13.8. The monoisotopic (exact) mass is 292 g/mol. The molecule has 0 atom stereocenters. The number of esters is 1. The normalized spacial score (nSPS) is 10.4. The minimum atomic E-state index is -0.471. The molecule has 0 radical (unpaired) electrons. The summed E-state index contributed by atoms with van der Waals surface area (Å²) in [6, 6.07) is 12.5. The first-order valence-electron chi connectivity index (χ1n) is 6.75. The molecule has 0 spiro atoms. The van der Waals surface area contributed by atoms with E-state index in [-0.39, 0.29) is 12.3 Å². The van der Waals surface area contributed by atoms with E-state index < -0.39 is 5.97 Å². The largest absolute Gasteiger partial charge is 0.461 e. The van der Waals surface area contributed by atoms with Crippen LogP contribution < -0.4 is 0 Å². The topological polar surface area (TPSA) is 80.3 Å². The Morgan fingerprint density at radius 1 is 1.32 bits per heavy atom. The Kier molecular flexibility index (Phi) is 3.54. The summed E-state index contributed by atoms with van der Waals surface area (Å²) in [6.07, 6.45) is 1.62. The van der Waals surface area contributed by atoms with Gasteiger partial charge in [0.2, 0.25) is 0 Å². The van der Waals surface area contributed by atoms with E-state index in [0.717, 1.165) is 5.56 Å². The van der Waals surface area contributed by atoms with Crippen molar-refractivity contribution in [2.45, 2.75) is 6.92 Å². The molecule has 0 aliphatic rings. The van der Waals surface area contributed by atoms with Gasteiger partial charge in [0.25, 0.3) is 0 Å². The molecule has 0 unspecified atom stereocenters. The van der Waals surface area contributed by atoms with Crippen LogP contribution in [0, 0.1) is 11.3 Å². The second kappa shape index (κ2) is 5.66. The molecule has 2 heterocycles. The lowest BCUT2D eigenvalue weighted by Crippen LogP contribution is -2.09. The summed E-state index contributed by atoms with van der Waals surface area (Å²) < 4.78 is 6.65. The van der Waals surface area contributed by atoms with E-state index in [1.165, 1.54) is 0 Å². The Bertz CT molecular complexity index is 875. The van der Waals surface area contributed by atoms with Crippen LogP contribution in [-0.2, 0) is 4.74 Å². The fourth-order valence-electron chi connectivity index (χ4n) is 2.14. The lowest BCUT2D eigenvalue weighted by Gasteiger charge is -2.08. The highest BCUT2D eigenvalue weighted by Crippen LogP contribution is 2.21. The highest BCUT2D eigenvalue weighted by atomic mass is 16.5. The average Bonchev–Trinajstić information content (AvgIpc) is 3.02. The molecule has 0 saturated heterocycles.